The van der Waals surface area contributed by atoms with Crippen LogP contribution in [0.5, 0.6) is 0 Å². The molecule has 28 heavy (non-hydrogen) atoms. The van der Waals surface area contributed by atoms with Crippen LogP contribution in [0, 0.1) is 35.5 Å². The van der Waals surface area contributed by atoms with Crippen molar-refractivity contribution in [1.29, 1.82) is 0 Å². The molecule has 0 aromatic heterocycles. The van der Waals surface area contributed by atoms with Gasteiger partial charge in [-0.15, -0.1) is 0 Å². The fourth-order valence-electron chi connectivity index (χ4n) is 10.3. The molecule has 1 aromatic carbocycles. The average molecular weight is 457 g/mol. The second kappa shape index (κ2) is 6.09. The summed E-state index contributed by atoms with van der Waals surface area (Å²) in [6.07, 6.45) is 19.0. The SMILES string of the molecule is Brc1ccccc1P(C12CC3CC(CC(C3)C1)C2)C12CC3CC(CC(C3)C1)C2. The van der Waals surface area contributed by atoms with Gasteiger partial charge in [0.05, 0.1) is 0 Å². The number of rotatable bonds is 3. The molecule has 0 saturated heterocycles. The van der Waals surface area contributed by atoms with Crippen LogP contribution < -0.4 is 5.30 Å². The Bertz CT molecular complexity index is 683. The molecule has 0 N–H and O–H groups in total. The normalized spacial score (nSPS) is 51.6. The quantitative estimate of drug-likeness (QED) is 0.413. The minimum atomic E-state index is -0.0717. The van der Waals surface area contributed by atoms with Crippen LogP contribution in [0.3, 0.4) is 0 Å². The van der Waals surface area contributed by atoms with E-state index in [1.54, 1.807) is 82.4 Å². The zero-order valence-electron chi connectivity index (χ0n) is 17.1. The zero-order valence-corrected chi connectivity index (χ0v) is 19.6. The molecule has 8 aliphatic rings. The van der Waals surface area contributed by atoms with Gasteiger partial charge in [0.2, 0.25) is 0 Å². The Morgan fingerprint density at radius 2 is 0.964 bits per heavy atom. The lowest BCUT2D eigenvalue weighted by molar-refractivity contribution is 0.0195. The molecule has 0 aliphatic heterocycles. The van der Waals surface area contributed by atoms with Gasteiger partial charge in [0, 0.05) is 4.47 Å². The van der Waals surface area contributed by atoms with E-state index < -0.39 is 0 Å². The lowest BCUT2D eigenvalue weighted by Gasteiger charge is -2.67. The van der Waals surface area contributed by atoms with E-state index in [-0.39, 0.29) is 7.92 Å². The molecule has 0 spiro atoms. The number of halogens is 1. The van der Waals surface area contributed by atoms with Crippen LogP contribution in [0.15, 0.2) is 28.7 Å². The highest BCUT2D eigenvalue weighted by molar-refractivity contribution is 9.10. The van der Waals surface area contributed by atoms with E-state index in [1.807, 2.05) is 0 Å². The van der Waals surface area contributed by atoms with E-state index in [1.165, 1.54) is 4.47 Å². The van der Waals surface area contributed by atoms with Crippen LogP contribution in [0.2, 0.25) is 0 Å². The Morgan fingerprint density at radius 1 is 0.607 bits per heavy atom. The highest BCUT2D eigenvalue weighted by Crippen LogP contribution is 2.78. The van der Waals surface area contributed by atoms with E-state index in [9.17, 15) is 0 Å². The molecular formula is C26H34BrP. The number of benzene rings is 1. The summed E-state index contributed by atoms with van der Waals surface area (Å²) >= 11 is 4.07. The topological polar surface area (TPSA) is 0 Å². The second-order valence-electron chi connectivity index (χ2n) is 12.1. The van der Waals surface area contributed by atoms with Crippen molar-refractivity contribution < 1.29 is 0 Å². The molecule has 8 saturated carbocycles. The Balaban J connectivity index is 1.39. The molecule has 150 valence electrons. The first-order chi connectivity index (χ1) is 13.6. The molecule has 0 amide bonds. The van der Waals surface area contributed by atoms with Crippen molar-refractivity contribution in [3.8, 4) is 0 Å². The van der Waals surface area contributed by atoms with Gasteiger partial charge in [0.1, 0.15) is 0 Å². The van der Waals surface area contributed by atoms with Gasteiger partial charge < -0.3 is 0 Å². The van der Waals surface area contributed by atoms with Crippen LogP contribution in [0.4, 0.5) is 0 Å². The second-order valence-corrected chi connectivity index (χ2v) is 16.0. The lowest BCUT2D eigenvalue weighted by Crippen LogP contribution is -2.58. The Kier molecular flexibility index (Phi) is 3.87. The summed E-state index contributed by atoms with van der Waals surface area (Å²) in [5, 5.41) is 3.17. The van der Waals surface area contributed by atoms with Gasteiger partial charge in [0.15, 0.2) is 0 Å². The maximum absolute atomic E-state index is 4.07. The summed E-state index contributed by atoms with van der Waals surface area (Å²) in [5.41, 5.74) is 0. The van der Waals surface area contributed by atoms with Gasteiger partial charge in [-0.2, -0.15) is 0 Å². The predicted molar refractivity (Wildman–Crippen MR) is 123 cm³/mol. The molecule has 2 heteroatoms. The molecule has 0 atom stereocenters. The van der Waals surface area contributed by atoms with E-state index in [0.29, 0.717) is 10.3 Å². The van der Waals surface area contributed by atoms with Crippen LogP contribution in [0.1, 0.15) is 77.0 Å². The van der Waals surface area contributed by atoms with Crippen LogP contribution in [-0.2, 0) is 0 Å². The molecular weight excluding hydrogens is 423 g/mol. The molecule has 8 bridgehead atoms. The Labute approximate surface area is 180 Å². The van der Waals surface area contributed by atoms with Gasteiger partial charge in [-0.05, 0) is 134 Å². The fraction of sp³-hybridized carbons (Fsp3) is 0.769. The van der Waals surface area contributed by atoms with Crippen LogP contribution in [0.25, 0.3) is 0 Å². The summed E-state index contributed by atoms with van der Waals surface area (Å²) < 4.78 is 1.45. The van der Waals surface area contributed by atoms with Gasteiger partial charge in [-0.3, -0.25) is 0 Å². The summed E-state index contributed by atoms with van der Waals surface area (Å²) in [6, 6.07) is 9.54. The van der Waals surface area contributed by atoms with Gasteiger partial charge in [-0.1, -0.05) is 42.1 Å². The fourth-order valence-corrected chi connectivity index (χ4v) is 16.3. The molecule has 9 rings (SSSR count). The summed E-state index contributed by atoms with van der Waals surface area (Å²) in [4.78, 5) is 0. The van der Waals surface area contributed by atoms with Crippen LogP contribution in [-0.4, -0.2) is 10.3 Å². The Morgan fingerprint density at radius 3 is 1.32 bits per heavy atom. The largest absolute Gasteiger partial charge is 0.0616 e. The van der Waals surface area contributed by atoms with Crippen molar-refractivity contribution in [1.82, 2.24) is 0 Å². The Hall–Kier alpha value is 0.130. The maximum atomic E-state index is 4.07. The molecule has 8 aliphatic carbocycles. The molecule has 8 fully saturated rings. The molecule has 0 radical (unpaired) electrons. The van der Waals surface area contributed by atoms with E-state index in [2.05, 4.69) is 40.2 Å². The van der Waals surface area contributed by atoms with Gasteiger partial charge >= 0.3 is 0 Å². The smallest absolute Gasteiger partial charge is 0.0252 e. The predicted octanol–water partition coefficient (Wildman–Crippen LogP) is 7.49. The highest BCUT2D eigenvalue weighted by atomic mass is 79.9. The highest BCUT2D eigenvalue weighted by Gasteiger charge is 2.63. The first-order valence-corrected chi connectivity index (χ1v) is 14.3. The minimum Gasteiger partial charge on any atom is -0.0616 e. The maximum Gasteiger partial charge on any atom is 0.0252 e. The van der Waals surface area contributed by atoms with Crippen molar-refractivity contribution in [2.24, 2.45) is 35.5 Å². The van der Waals surface area contributed by atoms with Crippen molar-refractivity contribution in [3.63, 3.8) is 0 Å². The van der Waals surface area contributed by atoms with Crippen molar-refractivity contribution in [2.75, 3.05) is 0 Å². The standard InChI is InChI=1S/C26H34BrP/c27-23-3-1-2-4-24(23)28(25-11-17-5-18(12-25)7-19(6-17)13-25)26-14-20-8-21(15-26)10-22(9-20)16-26/h1-4,17-22H,5-16H2. The third-order valence-electron chi connectivity index (χ3n) is 10.1. The minimum absolute atomic E-state index is 0.0717. The monoisotopic (exact) mass is 456 g/mol. The van der Waals surface area contributed by atoms with Crippen molar-refractivity contribution >= 4 is 29.2 Å². The lowest BCUT2D eigenvalue weighted by atomic mass is 9.55. The van der Waals surface area contributed by atoms with Crippen molar-refractivity contribution in [2.45, 2.75) is 87.4 Å². The average Bonchev–Trinajstić information content (AvgIpc) is 2.61. The molecule has 0 nitrogen and oxygen atoms in total. The molecule has 0 unspecified atom stereocenters. The third kappa shape index (κ3) is 2.51. The van der Waals surface area contributed by atoms with Crippen LogP contribution >= 0.6 is 23.9 Å². The van der Waals surface area contributed by atoms with E-state index in [4.69, 9.17) is 0 Å². The van der Waals surface area contributed by atoms with E-state index in [0.717, 1.165) is 35.5 Å². The summed E-state index contributed by atoms with van der Waals surface area (Å²) in [5.74, 6) is 6.46. The van der Waals surface area contributed by atoms with Gasteiger partial charge in [-0.25, -0.2) is 0 Å². The van der Waals surface area contributed by atoms with E-state index >= 15 is 0 Å². The first kappa shape index (κ1) is 17.8. The zero-order chi connectivity index (χ0) is 18.5. The van der Waals surface area contributed by atoms with Gasteiger partial charge in [0.25, 0.3) is 0 Å². The summed E-state index contributed by atoms with van der Waals surface area (Å²) in [7, 11) is -0.0717. The van der Waals surface area contributed by atoms with Crippen molar-refractivity contribution in [3.05, 3.63) is 28.7 Å². The number of hydrogen-bond donors (Lipinski definition) is 0. The first-order valence-electron chi connectivity index (χ1n) is 12.2. The third-order valence-corrected chi connectivity index (χ3v) is 14.9. The number of hydrogen-bond acceptors (Lipinski definition) is 0. The summed E-state index contributed by atoms with van der Waals surface area (Å²) in [6.45, 7) is 0. The molecule has 0 heterocycles. The molecule has 1 aromatic rings.